The van der Waals surface area contributed by atoms with Crippen molar-refractivity contribution in [3.8, 4) is 5.75 Å². The Bertz CT molecular complexity index is 1140. The molecule has 2 aromatic carbocycles. The molecule has 0 unspecified atom stereocenters. The molecule has 0 bridgehead atoms. The number of methoxy groups -OCH3 is 1. The number of amides is 2. The molecular weight excluding hydrogens is 378 g/mol. The average molecular weight is 399 g/mol. The number of carbonyl (C=O) groups excluding carboxylic acids is 2. The number of nitrogens with zero attached hydrogens (tertiary/aromatic N) is 2. The first kappa shape index (κ1) is 19.4. The van der Waals surface area contributed by atoms with Crippen molar-refractivity contribution in [2.45, 2.75) is 13.5 Å². The molecule has 1 aliphatic heterocycles. The van der Waals surface area contributed by atoms with Gasteiger partial charge in [0.05, 0.1) is 19.2 Å². The lowest BCUT2D eigenvalue weighted by Gasteiger charge is -2.15. The van der Waals surface area contributed by atoms with Crippen LogP contribution >= 0.6 is 0 Å². The molecule has 4 rings (SSSR count). The molecule has 0 radical (unpaired) electrons. The first-order valence-electron chi connectivity index (χ1n) is 9.55. The molecule has 6 heteroatoms. The Morgan fingerprint density at radius 1 is 0.967 bits per heavy atom. The predicted molar refractivity (Wildman–Crippen MR) is 115 cm³/mol. The highest BCUT2D eigenvalue weighted by Gasteiger charge is 2.40. The van der Waals surface area contributed by atoms with E-state index in [4.69, 9.17) is 4.74 Å². The van der Waals surface area contributed by atoms with Crippen LogP contribution in [-0.4, -0.2) is 28.8 Å². The second kappa shape index (κ2) is 8.21. The number of carbonyl (C=O) groups is 2. The summed E-state index contributed by atoms with van der Waals surface area (Å²) in [5.41, 5.74) is 3.62. The minimum atomic E-state index is -0.381. The molecule has 0 fully saturated rings. The smallest absolute Gasteiger partial charge is 0.278 e. The van der Waals surface area contributed by atoms with Crippen LogP contribution in [-0.2, 0) is 16.1 Å². The summed E-state index contributed by atoms with van der Waals surface area (Å²) in [4.78, 5) is 32.1. The van der Waals surface area contributed by atoms with E-state index in [0.717, 1.165) is 16.8 Å². The van der Waals surface area contributed by atoms with Crippen molar-refractivity contribution >= 4 is 23.1 Å². The van der Waals surface area contributed by atoms with E-state index in [-0.39, 0.29) is 24.1 Å². The summed E-state index contributed by atoms with van der Waals surface area (Å²) in [6.45, 7) is 2.09. The fraction of sp³-hybridized carbons (Fsp3) is 0.125. The molecule has 0 aliphatic carbocycles. The van der Waals surface area contributed by atoms with E-state index in [2.05, 4.69) is 10.3 Å². The van der Waals surface area contributed by atoms with Gasteiger partial charge >= 0.3 is 0 Å². The number of ether oxygens (including phenoxy) is 1. The predicted octanol–water partition coefficient (Wildman–Crippen LogP) is 3.79. The SMILES string of the molecule is COc1ccccc1C1=C(Nc2ccccc2C)C(=O)N(Cc2cccnc2)C1=O. The van der Waals surface area contributed by atoms with Crippen molar-refractivity contribution in [2.24, 2.45) is 0 Å². The zero-order valence-corrected chi connectivity index (χ0v) is 16.8. The van der Waals surface area contributed by atoms with E-state index in [1.165, 1.54) is 4.90 Å². The Morgan fingerprint density at radius 3 is 2.47 bits per heavy atom. The van der Waals surface area contributed by atoms with E-state index in [9.17, 15) is 9.59 Å². The van der Waals surface area contributed by atoms with Gasteiger partial charge in [-0.1, -0.05) is 42.5 Å². The molecule has 2 amide bonds. The van der Waals surface area contributed by atoms with Gasteiger partial charge < -0.3 is 10.1 Å². The van der Waals surface area contributed by atoms with Crippen LogP contribution in [0.25, 0.3) is 5.57 Å². The van der Waals surface area contributed by atoms with Crippen molar-refractivity contribution in [3.63, 3.8) is 0 Å². The number of anilines is 1. The second-order valence-electron chi connectivity index (χ2n) is 6.95. The van der Waals surface area contributed by atoms with Crippen molar-refractivity contribution in [1.82, 2.24) is 9.88 Å². The molecular formula is C24H21N3O3. The fourth-order valence-electron chi connectivity index (χ4n) is 3.46. The maximum atomic E-state index is 13.4. The fourth-order valence-corrected chi connectivity index (χ4v) is 3.46. The zero-order valence-electron chi connectivity index (χ0n) is 16.8. The van der Waals surface area contributed by atoms with Crippen LogP contribution in [0.1, 0.15) is 16.7 Å². The topological polar surface area (TPSA) is 71.5 Å². The number of hydrogen-bond donors (Lipinski definition) is 1. The highest BCUT2D eigenvalue weighted by atomic mass is 16.5. The molecule has 30 heavy (non-hydrogen) atoms. The lowest BCUT2D eigenvalue weighted by molar-refractivity contribution is -0.137. The third-order valence-corrected chi connectivity index (χ3v) is 5.01. The Labute approximate surface area is 174 Å². The highest BCUT2D eigenvalue weighted by Crippen LogP contribution is 2.36. The average Bonchev–Trinajstić information content (AvgIpc) is 3.00. The van der Waals surface area contributed by atoms with Gasteiger partial charge in [-0.15, -0.1) is 0 Å². The van der Waals surface area contributed by atoms with E-state index in [1.54, 1.807) is 37.7 Å². The van der Waals surface area contributed by atoms with Gasteiger partial charge in [0.25, 0.3) is 11.8 Å². The largest absolute Gasteiger partial charge is 0.496 e. The minimum absolute atomic E-state index is 0.142. The highest BCUT2D eigenvalue weighted by molar-refractivity contribution is 6.37. The lowest BCUT2D eigenvalue weighted by Crippen LogP contribution is -2.32. The van der Waals surface area contributed by atoms with Crippen LogP contribution in [0, 0.1) is 6.92 Å². The summed E-state index contributed by atoms with van der Waals surface area (Å²) >= 11 is 0. The standard InChI is InChI=1S/C24H21N3O3/c1-16-8-3-5-11-19(16)26-22-21(18-10-4-6-12-20(18)30-2)23(28)27(24(22)29)15-17-9-7-13-25-14-17/h3-14,26H,15H2,1-2H3. The first-order chi connectivity index (χ1) is 14.6. The Balaban J connectivity index is 1.80. The number of rotatable bonds is 6. The van der Waals surface area contributed by atoms with Gasteiger partial charge in [0.1, 0.15) is 11.4 Å². The van der Waals surface area contributed by atoms with Crippen molar-refractivity contribution in [1.29, 1.82) is 0 Å². The number of imide groups is 1. The minimum Gasteiger partial charge on any atom is -0.496 e. The maximum absolute atomic E-state index is 13.4. The van der Waals surface area contributed by atoms with Crippen molar-refractivity contribution in [2.75, 3.05) is 12.4 Å². The summed E-state index contributed by atoms with van der Waals surface area (Å²) in [5.74, 6) is -0.224. The molecule has 0 saturated carbocycles. The van der Waals surface area contributed by atoms with Crippen molar-refractivity contribution in [3.05, 3.63) is 95.4 Å². The second-order valence-corrected chi connectivity index (χ2v) is 6.95. The maximum Gasteiger partial charge on any atom is 0.278 e. The van der Waals surface area contributed by atoms with Crippen LogP contribution in [0.2, 0.25) is 0 Å². The normalized spacial score (nSPS) is 13.7. The van der Waals surface area contributed by atoms with Gasteiger partial charge in [0.15, 0.2) is 0 Å². The molecule has 0 atom stereocenters. The van der Waals surface area contributed by atoms with Crippen LogP contribution in [0.3, 0.4) is 0 Å². The Hall–Kier alpha value is -3.93. The van der Waals surface area contributed by atoms with Crippen LogP contribution in [0.4, 0.5) is 5.69 Å². The molecule has 0 spiro atoms. The number of aromatic nitrogens is 1. The monoisotopic (exact) mass is 399 g/mol. The number of para-hydroxylation sites is 2. The summed E-state index contributed by atoms with van der Waals surface area (Å²) in [6, 6.07) is 18.4. The van der Waals surface area contributed by atoms with Crippen LogP contribution < -0.4 is 10.1 Å². The summed E-state index contributed by atoms with van der Waals surface area (Å²) in [6.07, 6.45) is 3.30. The molecule has 150 valence electrons. The number of benzene rings is 2. The molecule has 2 heterocycles. The zero-order chi connectivity index (χ0) is 21.1. The Morgan fingerprint density at radius 2 is 1.73 bits per heavy atom. The van der Waals surface area contributed by atoms with Gasteiger partial charge in [-0.2, -0.15) is 0 Å². The number of nitrogens with one attached hydrogen (secondary N) is 1. The van der Waals surface area contributed by atoms with E-state index in [1.807, 2.05) is 49.4 Å². The summed E-state index contributed by atoms with van der Waals surface area (Å²) in [5, 5.41) is 3.20. The van der Waals surface area contributed by atoms with Gasteiger partial charge in [0.2, 0.25) is 0 Å². The third kappa shape index (κ3) is 3.55. The molecule has 3 aromatic rings. The van der Waals surface area contributed by atoms with Gasteiger partial charge in [-0.25, -0.2) is 0 Å². The molecule has 1 aromatic heterocycles. The number of aryl methyl sites for hydroxylation is 1. The number of hydrogen-bond acceptors (Lipinski definition) is 5. The van der Waals surface area contributed by atoms with Crippen LogP contribution in [0.5, 0.6) is 5.75 Å². The first-order valence-corrected chi connectivity index (χ1v) is 9.55. The van der Waals surface area contributed by atoms with E-state index in [0.29, 0.717) is 16.9 Å². The van der Waals surface area contributed by atoms with Gasteiger partial charge in [-0.3, -0.25) is 19.5 Å². The molecule has 1 aliphatic rings. The lowest BCUT2D eigenvalue weighted by atomic mass is 10.0. The molecule has 1 N–H and O–H groups in total. The van der Waals surface area contributed by atoms with Gasteiger partial charge in [0, 0.05) is 23.6 Å². The Kier molecular flexibility index (Phi) is 5.30. The third-order valence-electron chi connectivity index (χ3n) is 5.01. The number of pyridine rings is 1. The summed E-state index contributed by atoms with van der Waals surface area (Å²) in [7, 11) is 1.54. The van der Waals surface area contributed by atoms with Crippen LogP contribution in [0.15, 0.2) is 78.8 Å². The van der Waals surface area contributed by atoms with E-state index < -0.39 is 0 Å². The molecule has 0 saturated heterocycles. The van der Waals surface area contributed by atoms with Crippen molar-refractivity contribution < 1.29 is 14.3 Å². The van der Waals surface area contributed by atoms with E-state index >= 15 is 0 Å². The van der Waals surface area contributed by atoms with Gasteiger partial charge in [-0.05, 0) is 36.2 Å². The quantitative estimate of drug-likeness (QED) is 0.639. The molecule has 6 nitrogen and oxygen atoms in total. The summed E-state index contributed by atoms with van der Waals surface area (Å²) < 4.78 is 5.46.